The van der Waals surface area contributed by atoms with Crippen LogP contribution in [-0.4, -0.2) is 62.5 Å². The lowest BCUT2D eigenvalue weighted by Gasteiger charge is -2.31. The van der Waals surface area contributed by atoms with Gasteiger partial charge in [-0.3, -0.25) is 29.4 Å². The van der Waals surface area contributed by atoms with Gasteiger partial charge in [-0.05, 0) is 49.5 Å². The van der Waals surface area contributed by atoms with Crippen LogP contribution in [-0.2, 0) is 38.6 Å². The molecule has 4 amide bonds. The van der Waals surface area contributed by atoms with Crippen molar-refractivity contribution in [2.75, 3.05) is 18.4 Å². The summed E-state index contributed by atoms with van der Waals surface area (Å²) in [4.78, 5) is 62.5. The van der Waals surface area contributed by atoms with E-state index in [2.05, 4.69) is 46.3 Å². The second-order valence-electron chi connectivity index (χ2n) is 12.6. The van der Waals surface area contributed by atoms with Crippen LogP contribution in [0.4, 0.5) is 5.13 Å². The molecule has 1 atom stereocenters. The summed E-state index contributed by atoms with van der Waals surface area (Å²) in [5.41, 5.74) is 2.53. The Balaban J connectivity index is 0.961. The van der Waals surface area contributed by atoms with Crippen LogP contribution in [0.25, 0.3) is 0 Å². The van der Waals surface area contributed by atoms with Crippen molar-refractivity contribution >= 4 is 51.9 Å². The summed E-state index contributed by atoms with van der Waals surface area (Å²) in [5, 5.41) is 5.94. The number of carbonyl (C=O) groups excluding carboxylic acids is 4. The lowest BCUT2D eigenvalue weighted by molar-refractivity contribution is -0.137. The maximum absolute atomic E-state index is 13.0. The standard InChI is InChI=1S/C31H36N6O5S2/c1-31(2,3)23-13-32-25(42-23)17-43-26-14-33-30(44-26)35-27(39)19-8-10-36(11-9-19)15-18-4-5-21-20(12-18)16-37(29(21)41)22-6-7-24(38)34-28(22)40/h4-5,12-14,19,22H,6-11,15-17H2,1-3H3,(H,33,35,39)(H,34,38,40). The number of carbonyl (C=O) groups is 4. The largest absolute Gasteiger partial charge is 0.444 e. The van der Waals surface area contributed by atoms with E-state index in [1.54, 1.807) is 29.1 Å². The van der Waals surface area contributed by atoms with E-state index in [-0.39, 0.29) is 35.5 Å². The highest BCUT2D eigenvalue weighted by Crippen LogP contribution is 2.33. The number of thiazole rings is 1. The molecule has 11 nitrogen and oxygen atoms in total. The predicted molar refractivity (Wildman–Crippen MR) is 166 cm³/mol. The van der Waals surface area contributed by atoms with E-state index >= 15 is 0 Å². The highest BCUT2D eigenvalue weighted by molar-refractivity contribution is 8.00. The Hall–Kier alpha value is -3.55. The molecule has 0 saturated carbocycles. The number of likely N-dealkylation sites (tertiary alicyclic amines) is 1. The maximum atomic E-state index is 13.0. The van der Waals surface area contributed by atoms with Gasteiger partial charge in [-0.25, -0.2) is 9.97 Å². The van der Waals surface area contributed by atoms with E-state index in [9.17, 15) is 19.2 Å². The molecular weight excluding hydrogens is 601 g/mol. The van der Waals surface area contributed by atoms with Crippen molar-refractivity contribution in [3.63, 3.8) is 0 Å². The molecule has 0 radical (unpaired) electrons. The highest BCUT2D eigenvalue weighted by atomic mass is 32.2. The van der Waals surface area contributed by atoms with Crippen LogP contribution in [0.5, 0.6) is 0 Å². The minimum Gasteiger partial charge on any atom is -0.444 e. The first-order chi connectivity index (χ1) is 21.0. The first-order valence-electron chi connectivity index (χ1n) is 14.9. The van der Waals surface area contributed by atoms with E-state index < -0.39 is 11.9 Å². The molecule has 13 heteroatoms. The fraction of sp³-hybridized carbons (Fsp3) is 0.484. The molecule has 44 heavy (non-hydrogen) atoms. The molecule has 0 bridgehead atoms. The first-order valence-corrected chi connectivity index (χ1v) is 16.7. The number of hydrogen-bond donors (Lipinski definition) is 2. The van der Waals surface area contributed by atoms with E-state index in [0.29, 0.717) is 35.3 Å². The number of nitrogens with one attached hydrogen (secondary N) is 2. The molecule has 2 saturated heterocycles. The smallest absolute Gasteiger partial charge is 0.255 e. The zero-order valence-corrected chi connectivity index (χ0v) is 26.7. The summed E-state index contributed by atoms with van der Waals surface area (Å²) >= 11 is 3.04. The van der Waals surface area contributed by atoms with Crippen LogP contribution in [0, 0.1) is 5.92 Å². The number of aromatic nitrogens is 2. The molecule has 2 aromatic heterocycles. The van der Waals surface area contributed by atoms with Gasteiger partial charge in [-0.1, -0.05) is 44.2 Å². The van der Waals surface area contributed by atoms with Crippen LogP contribution in [0.15, 0.2) is 39.2 Å². The van der Waals surface area contributed by atoms with Crippen molar-refractivity contribution in [1.82, 2.24) is 25.1 Å². The SMILES string of the molecule is CC(C)(C)c1cnc(CSc2cnc(NC(=O)C3CCN(Cc4ccc5c(c4)CN(C4CCC(=O)NC4=O)C5=O)CC3)s2)o1. The lowest BCUT2D eigenvalue weighted by atomic mass is 9.94. The number of anilines is 1. The van der Waals surface area contributed by atoms with E-state index in [0.717, 1.165) is 53.6 Å². The Morgan fingerprint density at radius 1 is 1.14 bits per heavy atom. The zero-order valence-electron chi connectivity index (χ0n) is 25.1. The summed E-state index contributed by atoms with van der Waals surface area (Å²) in [6.45, 7) is 8.95. The normalized spacial score (nSPS) is 19.8. The summed E-state index contributed by atoms with van der Waals surface area (Å²) in [7, 11) is 0. The predicted octanol–water partition coefficient (Wildman–Crippen LogP) is 4.33. The first kappa shape index (κ1) is 30.5. The Labute approximate surface area is 264 Å². The van der Waals surface area contributed by atoms with Gasteiger partial charge < -0.3 is 14.6 Å². The van der Waals surface area contributed by atoms with Gasteiger partial charge in [0.15, 0.2) is 5.13 Å². The summed E-state index contributed by atoms with van der Waals surface area (Å²) in [6, 6.07) is 5.24. The van der Waals surface area contributed by atoms with Gasteiger partial charge in [0.25, 0.3) is 5.91 Å². The van der Waals surface area contributed by atoms with Crippen LogP contribution in [0.2, 0.25) is 0 Å². The Morgan fingerprint density at radius 3 is 2.66 bits per heavy atom. The van der Waals surface area contributed by atoms with Crippen molar-refractivity contribution in [3.05, 3.63) is 58.9 Å². The van der Waals surface area contributed by atoms with Crippen molar-refractivity contribution in [2.45, 2.75) is 81.0 Å². The molecule has 1 aromatic carbocycles. The van der Waals surface area contributed by atoms with E-state index in [1.807, 2.05) is 18.2 Å². The fourth-order valence-corrected chi connectivity index (χ4v) is 7.51. The third kappa shape index (κ3) is 6.74. The molecule has 0 spiro atoms. The van der Waals surface area contributed by atoms with Crippen LogP contribution >= 0.6 is 23.1 Å². The Morgan fingerprint density at radius 2 is 1.93 bits per heavy atom. The van der Waals surface area contributed by atoms with Crippen molar-refractivity contribution in [3.8, 4) is 0 Å². The summed E-state index contributed by atoms with van der Waals surface area (Å²) < 4.78 is 6.85. The number of nitrogens with zero attached hydrogens (tertiary/aromatic N) is 4. The molecule has 232 valence electrons. The highest BCUT2D eigenvalue weighted by Gasteiger charge is 2.39. The minimum atomic E-state index is -0.614. The monoisotopic (exact) mass is 636 g/mol. The number of benzene rings is 1. The number of hydrogen-bond acceptors (Lipinski definition) is 10. The molecule has 3 aliphatic rings. The van der Waals surface area contributed by atoms with Crippen LogP contribution in [0.3, 0.4) is 0 Å². The third-order valence-corrected chi connectivity index (χ3v) is 10.4. The molecule has 3 aliphatic heterocycles. The lowest BCUT2D eigenvalue weighted by Crippen LogP contribution is -2.52. The third-order valence-electron chi connectivity index (χ3n) is 8.30. The number of thioether (sulfide) groups is 1. The van der Waals surface area contributed by atoms with Gasteiger partial charge in [-0.2, -0.15) is 0 Å². The number of fused-ring (bicyclic) bond motifs is 1. The Bertz CT molecular complexity index is 1590. The van der Waals surface area contributed by atoms with Crippen molar-refractivity contribution < 1.29 is 23.6 Å². The van der Waals surface area contributed by atoms with Crippen molar-refractivity contribution in [1.29, 1.82) is 0 Å². The Kier molecular flexibility index (Phi) is 8.62. The topological polar surface area (TPSA) is 138 Å². The molecule has 1 unspecified atom stereocenters. The second-order valence-corrected chi connectivity index (χ2v) is 14.9. The van der Waals surface area contributed by atoms with Crippen molar-refractivity contribution in [2.24, 2.45) is 5.92 Å². The number of piperidine rings is 2. The molecule has 2 fully saturated rings. The van der Waals surface area contributed by atoms with Gasteiger partial charge in [0, 0.05) is 36.4 Å². The molecule has 5 heterocycles. The second kappa shape index (κ2) is 12.4. The zero-order chi connectivity index (χ0) is 31.0. The van der Waals surface area contributed by atoms with Gasteiger partial charge in [0.2, 0.25) is 23.6 Å². The van der Waals surface area contributed by atoms with Gasteiger partial charge >= 0.3 is 0 Å². The minimum absolute atomic E-state index is 0.00246. The fourth-order valence-electron chi connectivity index (χ4n) is 5.79. The van der Waals surface area contributed by atoms with Gasteiger partial charge in [-0.15, -0.1) is 11.8 Å². The maximum Gasteiger partial charge on any atom is 0.255 e. The number of amides is 4. The van der Waals surface area contributed by atoms with E-state index in [4.69, 9.17) is 4.42 Å². The molecule has 2 N–H and O–H groups in total. The van der Waals surface area contributed by atoms with Crippen LogP contribution in [0.1, 0.15) is 79.6 Å². The molecular formula is C31H36N6O5S2. The molecule has 3 aromatic rings. The summed E-state index contributed by atoms with van der Waals surface area (Å²) in [6.07, 6.45) is 5.66. The quantitative estimate of drug-likeness (QED) is 0.273. The van der Waals surface area contributed by atoms with Crippen LogP contribution < -0.4 is 10.6 Å². The average Bonchev–Trinajstić information content (AvgIpc) is 3.72. The van der Waals surface area contributed by atoms with Gasteiger partial charge in [0.1, 0.15) is 11.8 Å². The van der Waals surface area contributed by atoms with Gasteiger partial charge in [0.05, 0.1) is 22.4 Å². The molecule has 6 rings (SSSR count). The number of rotatable bonds is 8. The number of imide groups is 1. The number of oxazole rings is 1. The summed E-state index contributed by atoms with van der Waals surface area (Å²) in [5.74, 6) is 1.20. The average molecular weight is 637 g/mol. The molecule has 0 aliphatic carbocycles. The van der Waals surface area contributed by atoms with E-state index in [1.165, 1.54) is 11.3 Å².